The zero-order valence-electron chi connectivity index (χ0n) is 11.4. The summed E-state index contributed by atoms with van der Waals surface area (Å²) in [5.74, 6) is -0.515. The summed E-state index contributed by atoms with van der Waals surface area (Å²) in [5.41, 5.74) is -0.490. The van der Waals surface area contributed by atoms with Crippen LogP contribution >= 0.6 is 0 Å². The first-order valence-corrected chi connectivity index (χ1v) is 7.09. The summed E-state index contributed by atoms with van der Waals surface area (Å²) in [5, 5.41) is 5.79. The van der Waals surface area contributed by atoms with Crippen molar-refractivity contribution in [3.8, 4) is 0 Å². The summed E-state index contributed by atoms with van der Waals surface area (Å²) in [6.07, 6.45) is 5.44. The fraction of sp³-hybridized carbons (Fsp3) is 0.600. The number of carbonyl (C=O) groups excluding carboxylic acids is 2. The molecule has 5 heteroatoms. The molecule has 0 saturated carbocycles. The van der Waals surface area contributed by atoms with Gasteiger partial charge in [-0.15, -0.1) is 13.2 Å². The molecule has 5 nitrogen and oxygen atoms in total. The number of rotatable bonds is 4. The van der Waals surface area contributed by atoms with Crippen LogP contribution in [-0.2, 0) is 14.3 Å². The van der Waals surface area contributed by atoms with E-state index in [4.69, 9.17) is 4.74 Å². The fourth-order valence-electron chi connectivity index (χ4n) is 3.93. The highest BCUT2D eigenvalue weighted by Crippen LogP contribution is 2.46. The van der Waals surface area contributed by atoms with Gasteiger partial charge in [0, 0.05) is 0 Å². The number of fused-ring (bicyclic) bond motifs is 3. The lowest BCUT2D eigenvalue weighted by atomic mass is 9.74. The predicted octanol–water partition coefficient (Wildman–Crippen LogP) is 0.527. The van der Waals surface area contributed by atoms with E-state index in [0.717, 1.165) is 19.4 Å². The van der Waals surface area contributed by atoms with Gasteiger partial charge in [-0.3, -0.25) is 14.9 Å². The zero-order valence-corrected chi connectivity index (χ0v) is 11.4. The minimum atomic E-state index is -0.651. The second kappa shape index (κ2) is 4.82. The van der Waals surface area contributed by atoms with E-state index < -0.39 is 17.6 Å². The Hall–Kier alpha value is -1.46. The van der Waals surface area contributed by atoms with Gasteiger partial charge >= 0.3 is 0 Å². The van der Waals surface area contributed by atoms with Crippen molar-refractivity contribution in [2.75, 3.05) is 6.54 Å². The van der Waals surface area contributed by atoms with Gasteiger partial charge in [-0.25, -0.2) is 0 Å². The third-order valence-corrected chi connectivity index (χ3v) is 4.67. The van der Waals surface area contributed by atoms with Crippen molar-refractivity contribution in [1.82, 2.24) is 10.6 Å². The highest BCUT2D eigenvalue weighted by molar-refractivity contribution is 6.07. The third-order valence-electron chi connectivity index (χ3n) is 4.67. The van der Waals surface area contributed by atoms with Crippen molar-refractivity contribution in [3.05, 3.63) is 25.3 Å². The van der Waals surface area contributed by atoms with Gasteiger partial charge in [0.05, 0.1) is 17.6 Å². The maximum absolute atomic E-state index is 12.0. The number of ether oxygens (including phenoxy) is 1. The first-order valence-electron chi connectivity index (χ1n) is 7.09. The Morgan fingerprint density at radius 1 is 1.30 bits per heavy atom. The minimum Gasteiger partial charge on any atom is -0.359 e. The van der Waals surface area contributed by atoms with Gasteiger partial charge in [0.15, 0.2) is 6.10 Å². The largest absolute Gasteiger partial charge is 0.359 e. The van der Waals surface area contributed by atoms with Crippen LogP contribution < -0.4 is 10.6 Å². The Morgan fingerprint density at radius 2 is 2.10 bits per heavy atom. The molecule has 108 valence electrons. The molecule has 3 heterocycles. The minimum absolute atomic E-state index is 0.113. The van der Waals surface area contributed by atoms with Crippen molar-refractivity contribution in [2.45, 2.75) is 37.0 Å². The number of hydrogen-bond acceptors (Lipinski definition) is 4. The molecule has 5 atom stereocenters. The smallest absolute Gasteiger partial charge is 0.256 e. The molecule has 3 aliphatic heterocycles. The molecule has 3 unspecified atom stereocenters. The van der Waals surface area contributed by atoms with Crippen LogP contribution in [0.25, 0.3) is 0 Å². The van der Waals surface area contributed by atoms with Gasteiger partial charge in [-0.05, 0) is 31.7 Å². The lowest BCUT2D eigenvalue weighted by Gasteiger charge is -2.43. The molecule has 0 aromatic rings. The highest BCUT2D eigenvalue weighted by Gasteiger charge is 2.63. The lowest BCUT2D eigenvalue weighted by molar-refractivity contribution is -0.138. The number of carbonyl (C=O) groups is 2. The Kier molecular flexibility index (Phi) is 3.26. The molecule has 2 N–H and O–H groups in total. The number of nitrogens with one attached hydrogen (secondary N) is 2. The number of imide groups is 1. The van der Waals surface area contributed by atoms with E-state index in [1.807, 2.05) is 12.2 Å². The lowest BCUT2D eigenvalue weighted by Crippen LogP contribution is -2.58. The van der Waals surface area contributed by atoms with E-state index in [0.29, 0.717) is 12.3 Å². The van der Waals surface area contributed by atoms with E-state index in [1.54, 1.807) is 0 Å². The predicted molar refractivity (Wildman–Crippen MR) is 73.8 cm³/mol. The average Bonchev–Trinajstić information content (AvgIpc) is 2.86. The molecular weight excluding hydrogens is 256 g/mol. The Morgan fingerprint density at radius 3 is 2.80 bits per heavy atom. The van der Waals surface area contributed by atoms with Gasteiger partial charge in [0.1, 0.15) is 0 Å². The third kappa shape index (κ3) is 1.84. The highest BCUT2D eigenvalue weighted by atomic mass is 16.5. The van der Waals surface area contributed by atoms with Crippen LogP contribution in [0.1, 0.15) is 19.3 Å². The van der Waals surface area contributed by atoms with Crippen LogP contribution in [0.2, 0.25) is 0 Å². The number of piperidine rings is 1. The van der Waals surface area contributed by atoms with Gasteiger partial charge in [0.25, 0.3) is 5.91 Å². The topological polar surface area (TPSA) is 67.4 Å². The first-order chi connectivity index (χ1) is 9.61. The molecule has 3 rings (SSSR count). The molecule has 0 bridgehead atoms. The molecule has 0 aliphatic carbocycles. The van der Waals surface area contributed by atoms with E-state index in [9.17, 15) is 9.59 Å². The van der Waals surface area contributed by atoms with Crippen LogP contribution in [0.5, 0.6) is 0 Å². The molecule has 0 radical (unpaired) electrons. The van der Waals surface area contributed by atoms with Gasteiger partial charge in [0.2, 0.25) is 5.91 Å². The molecule has 2 amide bonds. The number of hydrogen-bond donors (Lipinski definition) is 2. The van der Waals surface area contributed by atoms with Crippen LogP contribution in [0.15, 0.2) is 25.3 Å². The second-order valence-corrected chi connectivity index (χ2v) is 5.96. The summed E-state index contributed by atoms with van der Waals surface area (Å²) < 4.78 is 6.08. The molecule has 3 saturated heterocycles. The maximum Gasteiger partial charge on any atom is 0.256 e. The standard InChI is InChI=1S/C15H20N2O3/c1-3-5-9-7-15(6-4-2)12(16-8-9)10-11(20-15)14(19)17-13(10)18/h3-4,9-12,16H,1-2,5-8H2,(H,17,18,19)/t9-,10?,11?,12+,15?/m1/s1. The molecule has 20 heavy (non-hydrogen) atoms. The van der Waals surface area contributed by atoms with Crippen molar-refractivity contribution >= 4 is 11.8 Å². The van der Waals surface area contributed by atoms with E-state index in [2.05, 4.69) is 23.8 Å². The Bertz CT molecular complexity index is 476. The average molecular weight is 276 g/mol. The van der Waals surface area contributed by atoms with Crippen LogP contribution in [0, 0.1) is 11.8 Å². The quantitative estimate of drug-likeness (QED) is 0.580. The monoisotopic (exact) mass is 276 g/mol. The maximum atomic E-state index is 12.0. The summed E-state index contributed by atoms with van der Waals surface area (Å²) >= 11 is 0. The van der Waals surface area contributed by atoms with Crippen LogP contribution in [0.3, 0.4) is 0 Å². The Labute approximate surface area is 118 Å². The SMILES string of the molecule is C=CC[C@H]1CN[C@H]2C3C(=O)NC(=O)C3OC2(CC=C)C1. The van der Waals surface area contributed by atoms with Crippen molar-refractivity contribution in [2.24, 2.45) is 11.8 Å². The Balaban J connectivity index is 1.90. The molecule has 0 aromatic carbocycles. The van der Waals surface area contributed by atoms with E-state index in [1.165, 1.54) is 0 Å². The fourth-order valence-corrected chi connectivity index (χ4v) is 3.93. The van der Waals surface area contributed by atoms with Crippen LogP contribution in [0.4, 0.5) is 0 Å². The van der Waals surface area contributed by atoms with Crippen molar-refractivity contribution < 1.29 is 14.3 Å². The summed E-state index contributed by atoms with van der Waals surface area (Å²) in [6.45, 7) is 8.41. The van der Waals surface area contributed by atoms with Crippen molar-refractivity contribution in [3.63, 3.8) is 0 Å². The van der Waals surface area contributed by atoms with Crippen LogP contribution in [-0.4, -0.2) is 36.1 Å². The molecule has 3 fully saturated rings. The number of allylic oxidation sites excluding steroid dienone is 1. The van der Waals surface area contributed by atoms with Gasteiger partial charge < -0.3 is 10.1 Å². The molecular formula is C15H20N2O3. The second-order valence-electron chi connectivity index (χ2n) is 5.96. The molecule has 0 aromatic heterocycles. The summed E-state index contributed by atoms with van der Waals surface area (Å²) in [6, 6.07) is -0.113. The number of amides is 2. The van der Waals surface area contributed by atoms with Gasteiger partial charge in [-0.2, -0.15) is 0 Å². The first kappa shape index (κ1) is 13.5. The van der Waals surface area contributed by atoms with E-state index in [-0.39, 0.29) is 17.9 Å². The van der Waals surface area contributed by atoms with Gasteiger partial charge in [-0.1, -0.05) is 12.2 Å². The normalized spacial score (nSPS) is 42.8. The molecule has 0 spiro atoms. The summed E-state index contributed by atoms with van der Waals surface area (Å²) in [4.78, 5) is 23.8. The van der Waals surface area contributed by atoms with E-state index >= 15 is 0 Å². The van der Waals surface area contributed by atoms with Crippen molar-refractivity contribution in [1.29, 1.82) is 0 Å². The zero-order chi connectivity index (χ0) is 14.3. The summed E-state index contributed by atoms with van der Waals surface area (Å²) in [7, 11) is 0. The molecule has 3 aliphatic rings.